The average Bonchev–Trinajstić information content (AvgIpc) is 2.91. The Labute approximate surface area is 138 Å². The molecule has 6 nitrogen and oxygen atoms in total. The fraction of sp³-hybridized carbons (Fsp3) is 0.250. The second-order valence-electron chi connectivity index (χ2n) is 4.91. The number of rotatable bonds is 6. The lowest BCUT2D eigenvalue weighted by molar-refractivity contribution is 0.0657. The topological polar surface area (TPSA) is 88.8 Å². The molecule has 23 heavy (non-hydrogen) atoms. The lowest BCUT2D eigenvalue weighted by atomic mass is 10.1. The second-order valence-corrected chi connectivity index (χ2v) is 5.35. The maximum absolute atomic E-state index is 12.1. The number of halogens is 1. The van der Waals surface area contributed by atoms with E-state index in [1.54, 1.807) is 19.1 Å². The van der Waals surface area contributed by atoms with Gasteiger partial charge in [0.25, 0.3) is 5.91 Å². The van der Waals surface area contributed by atoms with E-state index in [-0.39, 0.29) is 24.2 Å². The fourth-order valence-electron chi connectivity index (χ4n) is 2.09. The van der Waals surface area contributed by atoms with Crippen LogP contribution in [0.2, 0.25) is 5.02 Å². The number of methoxy groups -OCH3 is 1. The zero-order valence-electron chi connectivity index (χ0n) is 12.6. The van der Waals surface area contributed by atoms with E-state index in [1.165, 1.54) is 13.2 Å². The van der Waals surface area contributed by atoms with Gasteiger partial charge in [-0.2, -0.15) is 0 Å². The molecule has 0 bridgehead atoms. The third-order valence-electron chi connectivity index (χ3n) is 3.31. The fourth-order valence-corrected chi connectivity index (χ4v) is 2.22. The second kappa shape index (κ2) is 7.30. The summed E-state index contributed by atoms with van der Waals surface area (Å²) >= 11 is 5.84. The molecule has 1 heterocycles. The van der Waals surface area contributed by atoms with Crippen molar-refractivity contribution in [1.82, 2.24) is 5.32 Å². The summed E-state index contributed by atoms with van der Waals surface area (Å²) in [5, 5.41) is 12.2. The molecule has 7 heteroatoms. The van der Waals surface area contributed by atoms with Crippen LogP contribution >= 0.6 is 11.6 Å². The highest BCUT2D eigenvalue weighted by Gasteiger charge is 2.20. The number of carbonyl (C=O) groups is 2. The van der Waals surface area contributed by atoms with Crippen LogP contribution in [0.15, 0.2) is 34.7 Å². The van der Waals surface area contributed by atoms with E-state index in [1.807, 2.05) is 12.1 Å². The molecule has 2 rings (SSSR count). The van der Waals surface area contributed by atoms with Gasteiger partial charge in [0.05, 0.1) is 6.10 Å². The summed E-state index contributed by atoms with van der Waals surface area (Å²) in [6, 6.07) is 8.40. The summed E-state index contributed by atoms with van der Waals surface area (Å²) in [6.07, 6.45) is -0.356. The molecule has 0 aliphatic carbocycles. The van der Waals surface area contributed by atoms with Crippen LogP contribution in [-0.2, 0) is 4.74 Å². The molecule has 0 radical (unpaired) electrons. The highest BCUT2D eigenvalue weighted by atomic mass is 35.5. The smallest absolute Gasteiger partial charge is 0.371 e. The van der Waals surface area contributed by atoms with Crippen LogP contribution < -0.4 is 5.32 Å². The van der Waals surface area contributed by atoms with Crippen molar-refractivity contribution in [2.75, 3.05) is 13.7 Å². The number of aryl methyl sites for hydroxylation is 1. The van der Waals surface area contributed by atoms with E-state index < -0.39 is 11.9 Å². The lowest BCUT2D eigenvalue weighted by Gasteiger charge is -2.16. The highest BCUT2D eigenvalue weighted by Crippen LogP contribution is 2.19. The first-order valence-electron chi connectivity index (χ1n) is 6.82. The first-order valence-corrected chi connectivity index (χ1v) is 7.20. The van der Waals surface area contributed by atoms with Crippen LogP contribution in [-0.4, -0.2) is 30.6 Å². The number of ether oxygens (including phenoxy) is 1. The molecule has 1 amide bonds. The van der Waals surface area contributed by atoms with Gasteiger partial charge in [0.2, 0.25) is 5.76 Å². The van der Waals surface area contributed by atoms with Gasteiger partial charge in [-0.15, -0.1) is 0 Å². The number of carboxylic acid groups (broad SMARTS) is 1. The Kier molecular flexibility index (Phi) is 5.41. The molecule has 0 saturated carbocycles. The Morgan fingerprint density at radius 3 is 2.52 bits per heavy atom. The van der Waals surface area contributed by atoms with Crippen molar-refractivity contribution in [2.45, 2.75) is 13.0 Å². The van der Waals surface area contributed by atoms with Gasteiger partial charge in [0, 0.05) is 24.2 Å². The van der Waals surface area contributed by atoms with Gasteiger partial charge in [-0.05, 0) is 30.7 Å². The summed E-state index contributed by atoms with van der Waals surface area (Å²) < 4.78 is 10.4. The molecular formula is C16H16ClNO5. The molecule has 1 aromatic heterocycles. The molecule has 0 fully saturated rings. The van der Waals surface area contributed by atoms with Crippen LogP contribution in [0.4, 0.5) is 0 Å². The van der Waals surface area contributed by atoms with Gasteiger partial charge in [-0.1, -0.05) is 23.7 Å². The Hall–Kier alpha value is -2.31. The molecule has 1 atom stereocenters. The standard InChI is InChI=1S/C16H16ClNO5/c1-9-7-12(16(20)21)23-14(9)15(19)18-8-13(22-2)10-3-5-11(17)6-4-10/h3-7,13H,8H2,1-2H3,(H,18,19)(H,20,21). The van der Waals surface area contributed by atoms with Crippen LogP contribution in [0.3, 0.4) is 0 Å². The van der Waals surface area contributed by atoms with Crippen molar-refractivity contribution in [3.8, 4) is 0 Å². The van der Waals surface area contributed by atoms with Crippen LogP contribution in [0.5, 0.6) is 0 Å². The van der Waals surface area contributed by atoms with Crippen molar-refractivity contribution in [2.24, 2.45) is 0 Å². The van der Waals surface area contributed by atoms with Crippen molar-refractivity contribution >= 4 is 23.5 Å². The maximum atomic E-state index is 12.1. The number of aromatic carboxylic acids is 1. The molecule has 0 saturated heterocycles. The van der Waals surface area contributed by atoms with Gasteiger partial charge in [0.1, 0.15) is 0 Å². The van der Waals surface area contributed by atoms with Gasteiger partial charge in [0.15, 0.2) is 5.76 Å². The Morgan fingerprint density at radius 1 is 1.35 bits per heavy atom. The van der Waals surface area contributed by atoms with Crippen LogP contribution in [0.1, 0.15) is 38.3 Å². The number of nitrogens with one attached hydrogen (secondary N) is 1. The van der Waals surface area contributed by atoms with E-state index in [0.717, 1.165) is 5.56 Å². The first kappa shape index (κ1) is 17.1. The minimum absolute atomic E-state index is 0.0200. The number of carboxylic acids is 1. The molecule has 0 aliphatic rings. The van der Waals surface area contributed by atoms with Crippen molar-refractivity contribution in [3.05, 3.63) is 58.0 Å². The molecule has 0 aliphatic heterocycles. The predicted molar refractivity (Wildman–Crippen MR) is 83.9 cm³/mol. The molecule has 1 aromatic carbocycles. The summed E-state index contributed by atoms with van der Waals surface area (Å²) in [7, 11) is 1.53. The Balaban J connectivity index is 2.05. The monoisotopic (exact) mass is 337 g/mol. The molecular weight excluding hydrogens is 322 g/mol. The zero-order chi connectivity index (χ0) is 17.0. The predicted octanol–water partition coefficient (Wildman–Crippen LogP) is 3.06. The van der Waals surface area contributed by atoms with Gasteiger partial charge < -0.3 is 19.6 Å². The van der Waals surface area contributed by atoms with Gasteiger partial charge in [-0.3, -0.25) is 4.79 Å². The zero-order valence-corrected chi connectivity index (χ0v) is 13.4. The number of hydrogen-bond acceptors (Lipinski definition) is 4. The normalized spacial score (nSPS) is 12.0. The lowest BCUT2D eigenvalue weighted by Crippen LogP contribution is -2.29. The number of amides is 1. The number of benzene rings is 1. The molecule has 2 aromatic rings. The van der Waals surface area contributed by atoms with Crippen LogP contribution in [0, 0.1) is 6.92 Å². The van der Waals surface area contributed by atoms with Crippen molar-refractivity contribution in [1.29, 1.82) is 0 Å². The van der Waals surface area contributed by atoms with E-state index in [2.05, 4.69) is 5.32 Å². The summed E-state index contributed by atoms with van der Waals surface area (Å²) in [5.41, 5.74) is 1.32. The van der Waals surface area contributed by atoms with E-state index in [4.69, 9.17) is 25.9 Å². The van der Waals surface area contributed by atoms with Gasteiger partial charge >= 0.3 is 5.97 Å². The largest absolute Gasteiger partial charge is 0.475 e. The third-order valence-corrected chi connectivity index (χ3v) is 3.56. The maximum Gasteiger partial charge on any atom is 0.371 e. The molecule has 0 spiro atoms. The minimum atomic E-state index is -1.22. The third kappa shape index (κ3) is 4.12. The highest BCUT2D eigenvalue weighted by molar-refractivity contribution is 6.30. The van der Waals surface area contributed by atoms with E-state index >= 15 is 0 Å². The number of furan rings is 1. The summed E-state index contributed by atoms with van der Waals surface area (Å²) in [5.74, 6) is -2.00. The summed E-state index contributed by atoms with van der Waals surface area (Å²) in [4.78, 5) is 23.0. The van der Waals surface area contributed by atoms with E-state index in [9.17, 15) is 9.59 Å². The number of hydrogen-bond donors (Lipinski definition) is 2. The van der Waals surface area contributed by atoms with Gasteiger partial charge in [-0.25, -0.2) is 4.79 Å². The van der Waals surface area contributed by atoms with Crippen molar-refractivity contribution in [3.63, 3.8) is 0 Å². The molecule has 1 unspecified atom stereocenters. The van der Waals surface area contributed by atoms with E-state index in [0.29, 0.717) is 10.6 Å². The quantitative estimate of drug-likeness (QED) is 0.845. The number of carbonyl (C=O) groups excluding carboxylic acids is 1. The Morgan fingerprint density at radius 2 is 2.00 bits per heavy atom. The average molecular weight is 338 g/mol. The molecule has 2 N–H and O–H groups in total. The Bertz CT molecular complexity index is 708. The molecule has 122 valence electrons. The van der Waals surface area contributed by atoms with Crippen molar-refractivity contribution < 1.29 is 23.8 Å². The first-order chi connectivity index (χ1) is 10.9. The SMILES string of the molecule is COC(CNC(=O)c1oc(C(=O)O)cc1C)c1ccc(Cl)cc1. The van der Waals surface area contributed by atoms with Crippen LogP contribution in [0.25, 0.3) is 0 Å². The minimum Gasteiger partial charge on any atom is -0.475 e. The summed E-state index contributed by atoms with van der Waals surface area (Å²) in [6.45, 7) is 1.82.